The van der Waals surface area contributed by atoms with Crippen molar-refractivity contribution < 1.29 is 19.1 Å². The molecule has 1 aliphatic heterocycles. The van der Waals surface area contributed by atoms with Gasteiger partial charge in [-0.2, -0.15) is 0 Å². The van der Waals surface area contributed by atoms with Crippen molar-refractivity contribution in [1.82, 2.24) is 10.6 Å². The largest absolute Gasteiger partial charge is 0.488 e. The van der Waals surface area contributed by atoms with Crippen molar-refractivity contribution in [3.05, 3.63) is 53.6 Å². The van der Waals surface area contributed by atoms with E-state index in [4.69, 9.17) is 9.47 Å². The average molecular weight is 412 g/mol. The van der Waals surface area contributed by atoms with Gasteiger partial charge in [-0.25, -0.2) is 4.79 Å². The maximum Gasteiger partial charge on any atom is 0.319 e. The molecule has 3 N–H and O–H groups in total. The molecule has 160 valence electrons. The van der Waals surface area contributed by atoms with Crippen molar-refractivity contribution in [2.24, 2.45) is 0 Å². The molecule has 3 rings (SSSR count). The minimum absolute atomic E-state index is 0.00266. The first kappa shape index (κ1) is 21.5. The van der Waals surface area contributed by atoms with Crippen LogP contribution in [0, 0.1) is 0 Å². The Hall–Kier alpha value is -3.22. The summed E-state index contributed by atoms with van der Waals surface area (Å²) in [7, 11) is 0. The Kier molecular flexibility index (Phi) is 6.50. The van der Waals surface area contributed by atoms with Gasteiger partial charge >= 0.3 is 6.03 Å². The zero-order chi connectivity index (χ0) is 21.7. The van der Waals surface area contributed by atoms with Crippen LogP contribution in [0.25, 0.3) is 0 Å². The van der Waals surface area contributed by atoms with E-state index in [0.29, 0.717) is 30.2 Å². The molecule has 7 nitrogen and oxygen atoms in total. The standard InChI is InChI=1S/C23H29N3O4/c1-15(2)25-22(28)26-18-10-6-5-9-17(18)21(27)24-12-13-29-19-11-7-8-16-14-23(3,4)30-20(16)19/h5-11,15H,12-14H2,1-4H3,(H,24,27)(H2,25,26,28). The Morgan fingerprint density at radius 2 is 1.90 bits per heavy atom. The molecule has 2 aromatic carbocycles. The zero-order valence-electron chi connectivity index (χ0n) is 17.9. The minimum Gasteiger partial charge on any atom is -0.488 e. The average Bonchev–Trinajstić information content (AvgIpc) is 2.99. The number of benzene rings is 2. The molecule has 30 heavy (non-hydrogen) atoms. The van der Waals surface area contributed by atoms with Crippen LogP contribution in [0.1, 0.15) is 43.6 Å². The van der Waals surface area contributed by atoms with Crippen molar-refractivity contribution in [3.8, 4) is 11.5 Å². The summed E-state index contributed by atoms with van der Waals surface area (Å²) >= 11 is 0. The van der Waals surface area contributed by atoms with E-state index in [1.165, 1.54) is 0 Å². The van der Waals surface area contributed by atoms with Crippen LogP contribution in [0.3, 0.4) is 0 Å². The summed E-state index contributed by atoms with van der Waals surface area (Å²) in [5.74, 6) is 1.18. The molecular weight excluding hydrogens is 382 g/mol. The fourth-order valence-electron chi connectivity index (χ4n) is 3.33. The first-order valence-corrected chi connectivity index (χ1v) is 10.1. The number of carbonyl (C=O) groups excluding carboxylic acids is 2. The van der Waals surface area contributed by atoms with E-state index in [-0.39, 0.29) is 23.6 Å². The summed E-state index contributed by atoms with van der Waals surface area (Å²) in [5.41, 5.74) is 1.73. The summed E-state index contributed by atoms with van der Waals surface area (Å²) in [6.07, 6.45) is 0.838. The highest BCUT2D eigenvalue weighted by Gasteiger charge is 2.32. The monoisotopic (exact) mass is 411 g/mol. The summed E-state index contributed by atoms with van der Waals surface area (Å²) in [6.45, 7) is 8.44. The topological polar surface area (TPSA) is 88.7 Å². The Balaban J connectivity index is 1.54. The molecule has 3 amide bonds. The maximum atomic E-state index is 12.6. The smallest absolute Gasteiger partial charge is 0.319 e. The molecular formula is C23H29N3O4. The first-order valence-electron chi connectivity index (χ1n) is 10.1. The molecule has 0 radical (unpaired) electrons. The highest BCUT2D eigenvalue weighted by molar-refractivity contribution is 6.03. The number of fused-ring (bicyclic) bond motifs is 1. The van der Waals surface area contributed by atoms with Gasteiger partial charge in [0.2, 0.25) is 0 Å². The number of anilines is 1. The van der Waals surface area contributed by atoms with E-state index < -0.39 is 0 Å². The molecule has 7 heteroatoms. The van der Waals surface area contributed by atoms with Crippen LogP contribution in [0.15, 0.2) is 42.5 Å². The van der Waals surface area contributed by atoms with Gasteiger partial charge in [0.15, 0.2) is 11.5 Å². The van der Waals surface area contributed by atoms with Crippen molar-refractivity contribution in [2.75, 3.05) is 18.5 Å². The van der Waals surface area contributed by atoms with Gasteiger partial charge in [0.05, 0.1) is 17.8 Å². The van der Waals surface area contributed by atoms with E-state index in [2.05, 4.69) is 16.0 Å². The number of hydrogen-bond donors (Lipinski definition) is 3. The number of urea groups is 1. The van der Waals surface area contributed by atoms with E-state index in [1.807, 2.05) is 45.9 Å². The summed E-state index contributed by atoms with van der Waals surface area (Å²) in [4.78, 5) is 24.6. The van der Waals surface area contributed by atoms with E-state index >= 15 is 0 Å². The van der Waals surface area contributed by atoms with Crippen molar-refractivity contribution in [3.63, 3.8) is 0 Å². The molecule has 0 fully saturated rings. The Labute approximate surface area is 177 Å². The number of ether oxygens (including phenoxy) is 2. The predicted molar refractivity (Wildman–Crippen MR) is 116 cm³/mol. The normalized spacial score (nSPS) is 13.9. The van der Waals surface area contributed by atoms with Crippen molar-refractivity contribution >= 4 is 17.6 Å². The third kappa shape index (κ3) is 5.43. The van der Waals surface area contributed by atoms with Crippen LogP contribution >= 0.6 is 0 Å². The lowest BCUT2D eigenvalue weighted by atomic mass is 10.0. The van der Waals surface area contributed by atoms with Gasteiger partial charge in [-0.15, -0.1) is 0 Å². The highest BCUT2D eigenvalue weighted by Crippen LogP contribution is 2.41. The lowest BCUT2D eigenvalue weighted by Crippen LogP contribution is -2.35. The molecule has 0 aliphatic carbocycles. The number of rotatable bonds is 7. The van der Waals surface area contributed by atoms with E-state index in [0.717, 1.165) is 17.7 Å². The van der Waals surface area contributed by atoms with Gasteiger partial charge in [-0.1, -0.05) is 24.3 Å². The molecule has 1 aliphatic rings. The van der Waals surface area contributed by atoms with Gasteiger partial charge in [-0.3, -0.25) is 4.79 Å². The summed E-state index contributed by atoms with van der Waals surface area (Å²) in [5, 5.41) is 8.29. The van der Waals surface area contributed by atoms with Crippen LogP contribution in [0.5, 0.6) is 11.5 Å². The van der Waals surface area contributed by atoms with Crippen molar-refractivity contribution in [2.45, 2.75) is 45.8 Å². The number of para-hydroxylation sites is 2. The van der Waals surface area contributed by atoms with Crippen molar-refractivity contribution in [1.29, 1.82) is 0 Å². The number of hydrogen-bond acceptors (Lipinski definition) is 4. The molecule has 0 bridgehead atoms. The fourth-order valence-corrected chi connectivity index (χ4v) is 3.33. The fraction of sp³-hybridized carbons (Fsp3) is 0.391. The maximum absolute atomic E-state index is 12.6. The lowest BCUT2D eigenvalue weighted by Gasteiger charge is -2.18. The summed E-state index contributed by atoms with van der Waals surface area (Å²) in [6, 6.07) is 12.4. The molecule has 0 unspecified atom stereocenters. The molecule has 0 aromatic heterocycles. The van der Waals surface area contributed by atoms with Crippen LogP contribution in [0.4, 0.5) is 10.5 Å². The van der Waals surface area contributed by atoms with Gasteiger partial charge < -0.3 is 25.4 Å². The minimum atomic E-state index is -0.352. The number of amides is 3. The molecule has 0 atom stereocenters. The van der Waals surface area contributed by atoms with Gasteiger partial charge in [0, 0.05) is 18.0 Å². The quantitative estimate of drug-likeness (QED) is 0.606. The van der Waals surface area contributed by atoms with Gasteiger partial charge in [0.25, 0.3) is 5.91 Å². The van der Waals surface area contributed by atoms with Crippen LogP contribution in [-0.2, 0) is 6.42 Å². The van der Waals surface area contributed by atoms with E-state index in [9.17, 15) is 9.59 Å². The predicted octanol–water partition coefficient (Wildman–Crippen LogP) is 3.74. The third-order valence-electron chi connectivity index (χ3n) is 4.54. The Morgan fingerprint density at radius 1 is 1.13 bits per heavy atom. The first-order chi connectivity index (χ1) is 14.2. The van der Waals surface area contributed by atoms with Crippen LogP contribution in [-0.4, -0.2) is 36.7 Å². The van der Waals surface area contributed by atoms with E-state index in [1.54, 1.807) is 24.3 Å². The van der Waals surface area contributed by atoms with Gasteiger partial charge in [0.1, 0.15) is 12.2 Å². The Morgan fingerprint density at radius 3 is 2.67 bits per heavy atom. The van der Waals surface area contributed by atoms with Gasteiger partial charge in [-0.05, 0) is 45.9 Å². The SMILES string of the molecule is CC(C)NC(=O)Nc1ccccc1C(=O)NCCOc1cccc2c1OC(C)(C)C2. The number of carbonyl (C=O) groups is 2. The molecule has 2 aromatic rings. The lowest BCUT2D eigenvalue weighted by molar-refractivity contribution is 0.0947. The molecule has 0 saturated carbocycles. The van der Waals surface area contributed by atoms with Crippen LogP contribution in [0.2, 0.25) is 0 Å². The second-order valence-electron chi connectivity index (χ2n) is 8.19. The number of nitrogens with one attached hydrogen (secondary N) is 3. The Bertz CT molecular complexity index is 924. The van der Waals surface area contributed by atoms with Crippen LogP contribution < -0.4 is 25.4 Å². The second-order valence-corrected chi connectivity index (χ2v) is 8.19. The second kappa shape index (κ2) is 9.07. The zero-order valence-corrected chi connectivity index (χ0v) is 17.9. The summed E-state index contributed by atoms with van der Waals surface area (Å²) < 4.78 is 11.8. The third-order valence-corrected chi connectivity index (χ3v) is 4.54. The molecule has 0 saturated heterocycles. The molecule has 0 spiro atoms. The molecule has 1 heterocycles. The highest BCUT2D eigenvalue weighted by atomic mass is 16.5.